The van der Waals surface area contributed by atoms with E-state index in [9.17, 15) is 4.79 Å². The summed E-state index contributed by atoms with van der Waals surface area (Å²) in [7, 11) is 0. The van der Waals surface area contributed by atoms with Crippen LogP contribution in [0.25, 0.3) is 0 Å². The smallest absolute Gasteiger partial charge is 0.330 e. The van der Waals surface area contributed by atoms with Gasteiger partial charge in [-0.05, 0) is 24.8 Å². The maximum atomic E-state index is 11.6. The molecule has 0 aliphatic heterocycles. The molecular weight excluding hydrogens is 288 g/mol. The van der Waals surface area contributed by atoms with Crippen LogP contribution in [0.3, 0.4) is 0 Å². The molecule has 0 heterocycles. The van der Waals surface area contributed by atoms with Crippen LogP contribution in [0.4, 0.5) is 0 Å². The number of hydrogen-bond acceptors (Lipinski definition) is 4. The molecule has 4 nitrogen and oxygen atoms in total. The average molecular weight is 314 g/mol. The number of hydrogen-bond donors (Lipinski definition) is 0. The maximum Gasteiger partial charge on any atom is 0.330 e. The van der Waals surface area contributed by atoms with Gasteiger partial charge >= 0.3 is 5.97 Å². The lowest BCUT2D eigenvalue weighted by Gasteiger charge is -2.29. The van der Waals surface area contributed by atoms with E-state index in [1.54, 1.807) is 6.92 Å². The van der Waals surface area contributed by atoms with E-state index in [1.165, 1.54) is 6.08 Å². The monoisotopic (exact) mass is 314 g/mol. The highest BCUT2D eigenvalue weighted by molar-refractivity contribution is 5.81. The van der Waals surface area contributed by atoms with Crippen molar-refractivity contribution in [1.82, 2.24) is 4.90 Å². The first-order valence-electron chi connectivity index (χ1n) is 8.06. The van der Waals surface area contributed by atoms with Crippen molar-refractivity contribution in [1.29, 1.82) is 5.26 Å². The standard InChI is InChI=1S/C19H26N2O2/c1-4-23-19(22)11-10-18(14-16(2)3)21(13-12-20)15-17-8-6-5-7-9-17/h5-11,16,18H,4,13-15H2,1-3H3/b11-10+/t18-/m1/s1. The minimum atomic E-state index is -0.335. The molecule has 0 amide bonds. The third-order valence-corrected chi connectivity index (χ3v) is 3.43. The first-order chi connectivity index (χ1) is 11.1. The molecule has 0 N–H and O–H groups in total. The minimum absolute atomic E-state index is 0.0271. The molecular formula is C19H26N2O2. The molecule has 0 bridgehead atoms. The molecule has 0 radical (unpaired) electrons. The van der Waals surface area contributed by atoms with Gasteiger partial charge in [0.2, 0.25) is 0 Å². The highest BCUT2D eigenvalue weighted by Crippen LogP contribution is 2.16. The first kappa shape index (κ1) is 18.9. The molecule has 0 aromatic heterocycles. The van der Waals surface area contributed by atoms with Crippen LogP contribution in [-0.4, -0.2) is 30.1 Å². The zero-order valence-electron chi connectivity index (χ0n) is 14.2. The van der Waals surface area contributed by atoms with Gasteiger partial charge in [0.25, 0.3) is 0 Å². The van der Waals surface area contributed by atoms with E-state index < -0.39 is 0 Å². The fourth-order valence-corrected chi connectivity index (χ4v) is 2.41. The Hall–Kier alpha value is -2.12. The van der Waals surface area contributed by atoms with Gasteiger partial charge in [-0.15, -0.1) is 0 Å². The predicted molar refractivity (Wildman–Crippen MR) is 91.5 cm³/mol. The summed E-state index contributed by atoms with van der Waals surface area (Å²) >= 11 is 0. The SMILES string of the molecule is CCOC(=O)/C=C/[C@H](CC(C)C)N(CC#N)Cc1ccccc1. The van der Waals surface area contributed by atoms with E-state index in [1.807, 2.05) is 36.4 Å². The summed E-state index contributed by atoms with van der Waals surface area (Å²) in [4.78, 5) is 13.7. The van der Waals surface area contributed by atoms with E-state index in [4.69, 9.17) is 10.00 Å². The average Bonchev–Trinajstić information content (AvgIpc) is 2.52. The lowest BCUT2D eigenvalue weighted by Crippen LogP contribution is -2.35. The summed E-state index contributed by atoms with van der Waals surface area (Å²) in [6, 6.07) is 12.3. The van der Waals surface area contributed by atoms with Crippen molar-refractivity contribution in [2.24, 2.45) is 5.92 Å². The summed E-state index contributed by atoms with van der Waals surface area (Å²) in [6.45, 7) is 7.42. The van der Waals surface area contributed by atoms with Crippen LogP contribution in [0.15, 0.2) is 42.5 Å². The normalized spacial score (nSPS) is 12.5. The summed E-state index contributed by atoms with van der Waals surface area (Å²) in [5.74, 6) is 0.127. The van der Waals surface area contributed by atoms with Crippen LogP contribution in [0.5, 0.6) is 0 Å². The fourth-order valence-electron chi connectivity index (χ4n) is 2.41. The van der Waals surface area contributed by atoms with Gasteiger partial charge in [-0.25, -0.2) is 4.79 Å². The van der Waals surface area contributed by atoms with E-state index in [-0.39, 0.29) is 12.0 Å². The number of carbonyl (C=O) groups excluding carboxylic acids is 1. The van der Waals surface area contributed by atoms with E-state index in [0.29, 0.717) is 25.6 Å². The van der Waals surface area contributed by atoms with Gasteiger partial charge in [0.05, 0.1) is 19.2 Å². The lowest BCUT2D eigenvalue weighted by atomic mass is 10.0. The van der Waals surface area contributed by atoms with E-state index in [0.717, 1.165) is 12.0 Å². The fraction of sp³-hybridized carbons (Fsp3) is 0.474. The molecule has 1 aromatic rings. The van der Waals surface area contributed by atoms with Gasteiger partial charge in [0.15, 0.2) is 0 Å². The predicted octanol–water partition coefficient (Wildman–Crippen LogP) is 3.55. The molecule has 0 aliphatic carbocycles. The van der Waals surface area contributed by atoms with Crippen LogP contribution in [-0.2, 0) is 16.1 Å². The van der Waals surface area contributed by atoms with E-state index >= 15 is 0 Å². The van der Waals surface area contributed by atoms with Crippen LogP contribution >= 0.6 is 0 Å². The van der Waals surface area contributed by atoms with Gasteiger partial charge in [-0.2, -0.15) is 5.26 Å². The van der Waals surface area contributed by atoms with Crippen LogP contribution < -0.4 is 0 Å². The zero-order valence-corrected chi connectivity index (χ0v) is 14.2. The Balaban J connectivity index is 2.89. The molecule has 0 saturated heterocycles. The summed E-state index contributed by atoms with van der Waals surface area (Å²) in [6.07, 6.45) is 4.22. The first-order valence-corrected chi connectivity index (χ1v) is 8.06. The van der Waals surface area contributed by atoms with Crippen molar-refractivity contribution < 1.29 is 9.53 Å². The largest absolute Gasteiger partial charge is 0.463 e. The van der Waals surface area contributed by atoms with Crippen LogP contribution in [0.2, 0.25) is 0 Å². The molecule has 0 aliphatic rings. The second-order valence-electron chi connectivity index (χ2n) is 5.86. The Bertz CT molecular complexity index is 532. The van der Waals surface area contributed by atoms with Crippen molar-refractivity contribution in [3.8, 4) is 6.07 Å². The second kappa shape index (κ2) is 10.6. The molecule has 124 valence electrons. The number of carbonyl (C=O) groups is 1. The molecule has 4 heteroatoms. The molecule has 1 atom stereocenters. The number of rotatable bonds is 9. The van der Waals surface area contributed by atoms with Crippen molar-refractivity contribution in [3.05, 3.63) is 48.0 Å². The number of ether oxygens (including phenoxy) is 1. The number of benzene rings is 1. The summed E-state index contributed by atoms with van der Waals surface area (Å²) in [5.41, 5.74) is 1.15. The van der Waals surface area contributed by atoms with Crippen molar-refractivity contribution in [2.75, 3.05) is 13.2 Å². The quantitative estimate of drug-likeness (QED) is 0.397. The molecule has 0 unspecified atom stereocenters. The zero-order chi connectivity index (χ0) is 17.1. The second-order valence-corrected chi connectivity index (χ2v) is 5.86. The molecule has 1 rings (SSSR count). The van der Waals surface area contributed by atoms with Crippen LogP contribution in [0.1, 0.15) is 32.8 Å². The number of nitriles is 1. The number of nitrogens with zero attached hydrogens (tertiary/aromatic N) is 2. The molecule has 0 saturated carbocycles. The van der Waals surface area contributed by atoms with Gasteiger partial charge in [0.1, 0.15) is 0 Å². The molecule has 1 aromatic carbocycles. The number of esters is 1. The third kappa shape index (κ3) is 7.62. The Kier molecular flexibility index (Phi) is 8.71. The maximum absolute atomic E-state index is 11.6. The summed E-state index contributed by atoms with van der Waals surface area (Å²) < 4.78 is 4.95. The Morgan fingerprint density at radius 2 is 2.04 bits per heavy atom. The lowest BCUT2D eigenvalue weighted by molar-refractivity contribution is -0.137. The Labute approximate surface area is 139 Å². The van der Waals surface area contributed by atoms with Crippen molar-refractivity contribution in [3.63, 3.8) is 0 Å². The highest BCUT2D eigenvalue weighted by Gasteiger charge is 2.18. The molecule has 0 fully saturated rings. The van der Waals surface area contributed by atoms with E-state index in [2.05, 4.69) is 24.8 Å². The van der Waals surface area contributed by atoms with Gasteiger partial charge in [-0.1, -0.05) is 50.3 Å². The highest BCUT2D eigenvalue weighted by atomic mass is 16.5. The Morgan fingerprint density at radius 1 is 1.35 bits per heavy atom. The minimum Gasteiger partial charge on any atom is -0.463 e. The third-order valence-electron chi connectivity index (χ3n) is 3.43. The van der Waals surface area contributed by atoms with Gasteiger partial charge in [0, 0.05) is 18.7 Å². The van der Waals surface area contributed by atoms with Gasteiger partial charge < -0.3 is 4.74 Å². The van der Waals surface area contributed by atoms with Crippen molar-refractivity contribution in [2.45, 2.75) is 39.8 Å². The molecule has 0 spiro atoms. The van der Waals surface area contributed by atoms with Gasteiger partial charge in [-0.3, -0.25) is 4.90 Å². The molecule has 23 heavy (non-hydrogen) atoms. The van der Waals surface area contributed by atoms with Crippen LogP contribution in [0, 0.1) is 17.2 Å². The van der Waals surface area contributed by atoms with Crippen molar-refractivity contribution >= 4 is 5.97 Å². The topological polar surface area (TPSA) is 53.3 Å². The Morgan fingerprint density at radius 3 is 2.61 bits per heavy atom. The summed E-state index contributed by atoms with van der Waals surface area (Å²) in [5, 5.41) is 9.15.